The van der Waals surface area contributed by atoms with E-state index in [9.17, 15) is 4.79 Å². The summed E-state index contributed by atoms with van der Waals surface area (Å²) < 4.78 is 7.77. The highest BCUT2D eigenvalue weighted by Gasteiger charge is 2.07. The van der Waals surface area contributed by atoms with E-state index >= 15 is 0 Å². The fourth-order valence-electron chi connectivity index (χ4n) is 0.397. The van der Waals surface area contributed by atoms with Crippen LogP contribution in [0.3, 0.4) is 0 Å². The van der Waals surface area contributed by atoms with Crippen LogP contribution in [-0.2, 0) is 0 Å². The number of carboxylic acid groups (broad SMARTS) is 1. The molecule has 54 valence electrons. The fourth-order valence-corrected chi connectivity index (χ4v) is 0.916. The van der Waals surface area contributed by atoms with Crippen molar-refractivity contribution >= 4 is 17.7 Å². The second-order valence-corrected chi connectivity index (χ2v) is 2.23. The molecule has 0 fully saturated rings. The Kier molecular flexibility index (Phi) is 1.81. The van der Waals surface area contributed by atoms with Gasteiger partial charge in [-0.15, -0.1) is 5.10 Å². The summed E-state index contributed by atoms with van der Waals surface area (Å²) in [5.74, 6) is 0. The molecule has 0 aromatic carbocycles. The molecule has 0 spiro atoms. The van der Waals surface area contributed by atoms with Gasteiger partial charge in [0, 0.05) is 11.5 Å². The third-order valence-electron chi connectivity index (χ3n) is 0.790. The summed E-state index contributed by atoms with van der Waals surface area (Å²) >= 11 is 0.914. The Morgan fingerprint density at radius 1 is 1.80 bits per heavy atom. The first-order valence-electron chi connectivity index (χ1n) is 2.40. The van der Waals surface area contributed by atoms with Gasteiger partial charge in [0.2, 0.25) is 5.06 Å². The van der Waals surface area contributed by atoms with Crippen LogP contribution in [-0.4, -0.2) is 20.8 Å². The molecule has 0 aliphatic rings. The normalized spacial score (nSPS) is 9.30. The van der Waals surface area contributed by atoms with Crippen molar-refractivity contribution in [3.05, 3.63) is 5.69 Å². The molecule has 0 atom stereocenters. The third-order valence-corrected chi connectivity index (χ3v) is 1.50. The Hall–Kier alpha value is -1.17. The highest BCUT2D eigenvalue weighted by Crippen LogP contribution is 2.18. The molecular weight excluding hydrogens is 156 g/mol. The lowest BCUT2D eigenvalue weighted by Gasteiger charge is -1.91. The van der Waals surface area contributed by atoms with Crippen molar-refractivity contribution in [1.29, 1.82) is 0 Å². The van der Waals surface area contributed by atoms with E-state index in [1.807, 2.05) is 0 Å². The van der Waals surface area contributed by atoms with E-state index in [0.717, 1.165) is 11.5 Å². The zero-order chi connectivity index (χ0) is 7.56. The maximum absolute atomic E-state index is 9.95. The highest BCUT2D eigenvalue weighted by atomic mass is 32.1. The first kappa shape index (κ1) is 6.94. The van der Waals surface area contributed by atoms with Crippen LogP contribution in [0.5, 0.6) is 5.06 Å². The minimum atomic E-state index is -1.34. The smallest absolute Gasteiger partial charge is 0.449 e. The lowest BCUT2D eigenvalue weighted by atomic mass is 10.6. The number of hydrogen-bond donors (Lipinski definition) is 1. The number of hydrogen-bond acceptors (Lipinski definition) is 5. The first-order chi connectivity index (χ1) is 4.70. The average molecular weight is 160 g/mol. The standard InChI is InChI=1S/C4H4N2O3S/c1-2-3(9-4(7)8)10-6-5-2/h1H3,(H,7,8). The Labute approximate surface area is 60.4 Å². The van der Waals surface area contributed by atoms with Crippen molar-refractivity contribution < 1.29 is 14.6 Å². The van der Waals surface area contributed by atoms with Crippen LogP contribution in [0.2, 0.25) is 0 Å². The van der Waals surface area contributed by atoms with E-state index in [-0.39, 0.29) is 5.06 Å². The monoisotopic (exact) mass is 160 g/mol. The van der Waals surface area contributed by atoms with Gasteiger partial charge in [0.1, 0.15) is 5.69 Å². The Bertz CT molecular complexity index is 246. The minimum absolute atomic E-state index is 0.229. The molecule has 0 saturated heterocycles. The Morgan fingerprint density at radius 2 is 2.50 bits per heavy atom. The molecule has 1 aromatic heterocycles. The first-order valence-corrected chi connectivity index (χ1v) is 3.17. The molecule has 1 aromatic rings. The van der Waals surface area contributed by atoms with Crippen LogP contribution in [0.15, 0.2) is 0 Å². The molecule has 0 radical (unpaired) electrons. The summed E-state index contributed by atoms with van der Waals surface area (Å²) in [7, 11) is 0. The van der Waals surface area contributed by atoms with Crippen LogP contribution in [0.1, 0.15) is 5.69 Å². The number of aromatic nitrogens is 2. The van der Waals surface area contributed by atoms with E-state index in [2.05, 4.69) is 14.3 Å². The maximum Gasteiger partial charge on any atom is 0.512 e. The maximum atomic E-state index is 9.95. The molecule has 0 amide bonds. The fraction of sp³-hybridized carbons (Fsp3) is 0.250. The summed E-state index contributed by atoms with van der Waals surface area (Å²) in [5.41, 5.74) is 0.493. The average Bonchev–Trinajstić information content (AvgIpc) is 2.15. The summed E-state index contributed by atoms with van der Waals surface area (Å²) in [6, 6.07) is 0. The Balaban J connectivity index is 2.74. The molecule has 1 N–H and O–H groups in total. The van der Waals surface area contributed by atoms with Gasteiger partial charge in [0.05, 0.1) is 0 Å². The van der Waals surface area contributed by atoms with Crippen molar-refractivity contribution in [2.45, 2.75) is 6.92 Å². The zero-order valence-corrected chi connectivity index (χ0v) is 5.88. The van der Waals surface area contributed by atoms with E-state index in [1.54, 1.807) is 6.92 Å². The van der Waals surface area contributed by atoms with Gasteiger partial charge in [-0.05, 0) is 6.92 Å². The molecule has 0 bridgehead atoms. The predicted molar refractivity (Wildman–Crippen MR) is 33.3 cm³/mol. The predicted octanol–water partition coefficient (Wildman–Crippen LogP) is 0.903. The van der Waals surface area contributed by atoms with E-state index in [4.69, 9.17) is 5.11 Å². The lowest BCUT2D eigenvalue weighted by Crippen LogP contribution is -2.02. The van der Waals surface area contributed by atoms with Crippen molar-refractivity contribution in [2.24, 2.45) is 0 Å². The van der Waals surface area contributed by atoms with Gasteiger partial charge in [-0.3, -0.25) is 0 Å². The van der Waals surface area contributed by atoms with Crippen LogP contribution in [0, 0.1) is 6.92 Å². The number of ether oxygens (including phenoxy) is 1. The van der Waals surface area contributed by atoms with Gasteiger partial charge in [0.15, 0.2) is 0 Å². The van der Waals surface area contributed by atoms with Gasteiger partial charge in [0.25, 0.3) is 0 Å². The molecule has 0 saturated carbocycles. The molecule has 5 nitrogen and oxygen atoms in total. The SMILES string of the molecule is Cc1nnsc1OC(=O)O. The van der Waals surface area contributed by atoms with E-state index < -0.39 is 6.16 Å². The van der Waals surface area contributed by atoms with Crippen LogP contribution >= 0.6 is 11.5 Å². The molecule has 1 rings (SSSR count). The number of aryl methyl sites for hydroxylation is 1. The minimum Gasteiger partial charge on any atom is -0.449 e. The second kappa shape index (κ2) is 2.61. The van der Waals surface area contributed by atoms with Crippen LogP contribution in [0.25, 0.3) is 0 Å². The quantitative estimate of drug-likeness (QED) is 0.618. The van der Waals surface area contributed by atoms with Gasteiger partial charge in [-0.25, -0.2) is 4.79 Å². The van der Waals surface area contributed by atoms with Crippen molar-refractivity contribution in [3.63, 3.8) is 0 Å². The van der Waals surface area contributed by atoms with Gasteiger partial charge < -0.3 is 9.84 Å². The largest absolute Gasteiger partial charge is 0.512 e. The van der Waals surface area contributed by atoms with Gasteiger partial charge in [-0.1, -0.05) is 4.49 Å². The number of carbonyl (C=O) groups is 1. The number of rotatable bonds is 1. The molecule has 0 aliphatic carbocycles. The summed E-state index contributed by atoms with van der Waals surface area (Å²) in [6.45, 7) is 1.63. The summed E-state index contributed by atoms with van der Waals surface area (Å²) in [5, 5.41) is 11.9. The lowest BCUT2D eigenvalue weighted by molar-refractivity contribution is 0.145. The topological polar surface area (TPSA) is 72.3 Å². The highest BCUT2D eigenvalue weighted by molar-refractivity contribution is 7.07. The van der Waals surface area contributed by atoms with Crippen LogP contribution < -0.4 is 4.74 Å². The summed E-state index contributed by atoms with van der Waals surface area (Å²) in [6.07, 6.45) is -1.34. The molecule has 1 heterocycles. The Morgan fingerprint density at radius 3 is 2.90 bits per heavy atom. The van der Waals surface area contributed by atoms with Crippen molar-refractivity contribution in [2.75, 3.05) is 0 Å². The zero-order valence-electron chi connectivity index (χ0n) is 5.07. The number of nitrogens with zero attached hydrogens (tertiary/aromatic N) is 2. The molecular formula is C4H4N2O3S. The summed E-state index contributed by atoms with van der Waals surface area (Å²) in [4.78, 5) is 9.95. The third kappa shape index (κ3) is 1.41. The van der Waals surface area contributed by atoms with E-state index in [1.165, 1.54) is 0 Å². The second-order valence-electron chi connectivity index (χ2n) is 1.51. The molecule has 10 heavy (non-hydrogen) atoms. The molecule has 6 heteroatoms. The van der Waals surface area contributed by atoms with Gasteiger partial charge in [-0.2, -0.15) is 0 Å². The molecule has 0 aliphatic heterocycles. The van der Waals surface area contributed by atoms with Crippen molar-refractivity contribution in [1.82, 2.24) is 9.59 Å². The van der Waals surface area contributed by atoms with Crippen LogP contribution in [0.4, 0.5) is 4.79 Å². The van der Waals surface area contributed by atoms with Gasteiger partial charge >= 0.3 is 6.16 Å². The molecule has 0 unspecified atom stereocenters. The van der Waals surface area contributed by atoms with Crippen molar-refractivity contribution in [3.8, 4) is 5.06 Å². The van der Waals surface area contributed by atoms with E-state index in [0.29, 0.717) is 5.69 Å².